The van der Waals surface area contributed by atoms with Crippen molar-refractivity contribution in [3.63, 3.8) is 0 Å². The van der Waals surface area contributed by atoms with E-state index in [2.05, 4.69) is 10.6 Å². The van der Waals surface area contributed by atoms with E-state index in [0.717, 1.165) is 16.5 Å². The number of carbonyl (C=O) groups is 2. The number of hydrogen-bond acceptors (Lipinski definition) is 3. The molecule has 0 aromatic heterocycles. The number of carbonyl (C=O) groups excluding carboxylic acids is 2. The third-order valence-electron chi connectivity index (χ3n) is 3.52. The molecule has 2 aromatic rings. The van der Waals surface area contributed by atoms with Crippen LogP contribution in [-0.2, 0) is 9.59 Å². The standard InChI is InChI=1S/C16H17N3O2/c20-15-10-19(8-7-17-15)11-16(21)18-14-6-5-12-3-1-2-4-13(12)9-14/h1-6,9H,7-8,10-11H2,(H,17,20)(H,18,21). The molecule has 0 atom stereocenters. The van der Waals surface area contributed by atoms with E-state index in [1.165, 1.54) is 0 Å². The Balaban J connectivity index is 1.64. The van der Waals surface area contributed by atoms with Gasteiger partial charge in [0.1, 0.15) is 0 Å². The summed E-state index contributed by atoms with van der Waals surface area (Å²) in [5, 5.41) is 7.86. The van der Waals surface area contributed by atoms with Gasteiger partial charge in [-0.3, -0.25) is 14.5 Å². The van der Waals surface area contributed by atoms with Gasteiger partial charge in [0.05, 0.1) is 13.1 Å². The van der Waals surface area contributed by atoms with Crippen LogP contribution in [-0.4, -0.2) is 42.9 Å². The molecule has 1 heterocycles. The average molecular weight is 283 g/mol. The Hall–Kier alpha value is -2.40. The predicted molar refractivity (Wildman–Crippen MR) is 82.0 cm³/mol. The lowest BCUT2D eigenvalue weighted by Gasteiger charge is -2.25. The lowest BCUT2D eigenvalue weighted by Crippen LogP contribution is -2.49. The van der Waals surface area contributed by atoms with Gasteiger partial charge in [-0.15, -0.1) is 0 Å². The highest BCUT2D eigenvalue weighted by molar-refractivity contribution is 5.95. The molecule has 3 rings (SSSR count). The quantitative estimate of drug-likeness (QED) is 0.890. The van der Waals surface area contributed by atoms with Gasteiger partial charge in [-0.1, -0.05) is 30.3 Å². The minimum absolute atomic E-state index is 0.0280. The van der Waals surface area contributed by atoms with Crippen molar-refractivity contribution in [1.29, 1.82) is 0 Å². The van der Waals surface area contributed by atoms with Gasteiger partial charge in [0, 0.05) is 18.8 Å². The molecule has 1 aliphatic heterocycles. The number of anilines is 1. The van der Waals surface area contributed by atoms with Crippen LogP contribution in [0.1, 0.15) is 0 Å². The number of nitrogens with zero attached hydrogens (tertiary/aromatic N) is 1. The molecule has 1 aliphatic rings. The number of hydrogen-bond donors (Lipinski definition) is 2. The fourth-order valence-electron chi connectivity index (χ4n) is 2.50. The van der Waals surface area contributed by atoms with E-state index < -0.39 is 0 Å². The van der Waals surface area contributed by atoms with Gasteiger partial charge in [0.25, 0.3) is 0 Å². The Kier molecular flexibility index (Phi) is 3.83. The van der Waals surface area contributed by atoms with Crippen molar-refractivity contribution in [1.82, 2.24) is 10.2 Å². The molecule has 2 aromatic carbocycles. The zero-order chi connectivity index (χ0) is 14.7. The van der Waals surface area contributed by atoms with Gasteiger partial charge in [-0.2, -0.15) is 0 Å². The first-order valence-electron chi connectivity index (χ1n) is 6.98. The summed E-state index contributed by atoms with van der Waals surface area (Å²) >= 11 is 0. The molecule has 5 nitrogen and oxygen atoms in total. The van der Waals surface area contributed by atoms with E-state index in [1.807, 2.05) is 47.4 Å². The average Bonchev–Trinajstić information content (AvgIpc) is 2.47. The summed E-state index contributed by atoms with van der Waals surface area (Å²) in [6.07, 6.45) is 0. The van der Waals surface area contributed by atoms with Gasteiger partial charge >= 0.3 is 0 Å². The molecule has 0 saturated carbocycles. The third kappa shape index (κ3) is 3.38. The second kappa shape index (κ2) is 5.93. The normalized spacial score (nSPS) is 15.7. The van der Waals surface area contributed by atoms with E-state index in [9.17, 15) is 9.59 Å². The van der Waals surface area contributed by atoms with Crippen molar-refractivity contribution in [3.05, 3.63) is 42.5 Å². The third-order valence-corrected chi connectivity index (χ3v) is 3.52. The second-order valence-corrected chi connectivity index (χ2v) is 5.17. The van der Waals surface area contributed by atoms with Crippen LogP contribution < -0.4 is 10.6 Å². The van der Waals surface area contributed by atoms with E-state index in [1.54, 1.807) is 0 Å². The Morgan fingerprint density at radius 2 is 2.00 bits per heavy atom. The second-order valence-electron chi connectivity index (χ2n) is 5.17. The number of rotatable bonds is 3. The predicted octanol–water partition coefficient (Wildman–Crippen LogP) is 1.21. The first-order chi connectivity index (χ1) is 10.2. The monoisotopic (exact) mass is 283 g/mol. The van der Waals surface area contributed by atoms with Crippen LogP contribution in [0.4, 0.5) is 5.69 Å². The zero-order valence-electron chi connectivity index (χ0n) is 11.6. The molecule has 2 N–H and O–H groups in total. The molecule has 0 aliphatic carbocycles. The smallest absolute Gasteiger partial charge is 0.238 e. The van der Waals surface area contributed by atoms with Crippen molar-refractivity contribution in [3.8, 4) is 0 Å². The summed E-state index contributed by atoms with van der Waals surface area (Å²) in [5.41, 5.74) is 0.778. The molecule has 5 heteroatoms. The van der Waals surface area contributed by atoms with Crippen molar-refractivity contribution in [2.75, 3.05) is 31.5 Å². The highest BCUT2D eigenvalue weighted by Crippen LogP contribution is 2.18. The lowest BCUT2D eigenvalue weighted by molar-refractivity contribution is -0.125. The van der Waals surface area contributed by atoms with Crippen LogP contribution in [0.15, 0.2) is 42.5 Å². The van der Waals surface area contributed by atoms with Gasteiger partial charge in [-0.05, 0) is 22.9 Å². The van der Waals surface area contributed by atoms with E-state index in [0.29, 0.717) is 13.1 Å². The molecule has 0 radical (unpaired) electrons. The maximum Gasteiger partial charge on any atom is 0.238 e. The van der Waals surface area contributed by atoms with E-state index in [4.69, 9.17) is 0 Å². The minimum atomic E-state index is -0.0972. The summed E-state index contributed by atoms with van der Waals surface area (Å²) in [7, 11) is 0. The van der Waals surface area contributed by atoms with Crippen LogP contribution >= 0.6 is 0 Å². The summed E-state index contributed by atoms with van der Waals surface area (Å²) in [6.45, 7) is 1.82. The number of amides is 2. The van der Waals surface area contributed by atoms with E-state index >= 15 is 0 Å². The van der Waals surface area contributed by atoms with Gasteiger partial charge in [-0.25, -0.2) is 0 Å². The molecule has 108 valence electrons. The largest absolute Gasteiger partial charge is 0.354 e. The van der Waals surface area contributed by atoms with E-state index in [-0.39, 0.29) is 24.9 Å². The summed E-state index contributed by atoms with van der Waals surface area (Å²) in [6, 6.07) is 13.8. The zero-order valence-corrected chi connectivity index (χ0v) is 11.6. The highest BCUT2D eigenvalue weighted by atomic mass is 16.2. The van der Waals surface area contributed by atoms with Crippen LogP contribution in [0.5, 0.6) is 0 Å². The van der Waals surface area contributed by atoms with Crippen molar-refractivity contribution in [2.24, 2.45) is 0 Å². The minimum Gasteiger partial charge on any atom is -0.354 e. The van der Waals surface area contributed by atoms with Gasteiger partial charge in [0.15, 0.2) is 0 Å². The summed E-state index contributed by atoms with van der Waals surface area (Å²) in [5.74, 6) is -0.125. The molecule has 0 unspecified atom stereocenters. The van der Waals surface area contributed by atoms with Crippen LogP contribution in [0.25, 0.3) is 10.8 Å². The van der Waals surface area contributed by atoms with Crippen LogP contribution in [0.3, 0.4) is 0 Å². The fourth-order valence-corrected chi connectivity index (χ4v) is 2.50. The maximum atomic E-state index is 12.0. The molecule has 0 spiro atoms. The molecule has 21 heavy (non-hydrogen) atoms. The van der Waals surface area contributed by atoms with Crippen LogP contribution in [0.2, 0.25) is 0 Å². The van der Waals surface area contributed by atoms with Crippen molar-refractivity contribution >= 4 is 28.3 Å². The summed E-state index contributed by atoms with van der Waals surface area (Å²) < 4.78 is 0. The van der Waals surface area contributed by atoms with Crippen molar-refractivity contribution < 1.29 is 9.59 Å². The molecule has 1 fully saturated rings. The number of fused-ring (bicyclic) bond motifs is 1. The van der Waals surface area contributed by atoms with Crippen LogP contribution in [0, 0.1) is 0 Å². The Morgan fingerprint density at radius 1 is 1.19 bits per heavy atom. The molecular formula is C16H17N3O2. The molecule has 2 amide bonds. The first-order valence-corrected chi connectivity index (χ1v) is 6.98. The maximum absolute atomic E-state index is 12.0. The lowest BCUT2D eigenvalue weighted by atomic mass is 10.1. The molecule has 1 saturated heterocycles. The first kappa shape index (κ1) is 13.6. The fraction of sp³-hybridized carbons (Fsp3) is 0.250. The van der Waals surface area contributed by atoms with Gasteiger partial charge in [0.2, 0.25) is 11.8 Å². The number of nitrogens with one attached hydrogen (secondary N) is 2. The molecular weight excluding hydrogens is 266 g/mol. The molecule has 0 bridgehead atoms. The van der Waals surface area contributed by atoms with Crippen molar-refractivity contribution in [2.45, 2.75) is 0 Å². The number of benzene rings is 2. The Morgan fingerprint density at radius 3 is 2.81 bits per heavy atom. The summed E-state index contributed by atoms with van der Waals surface area (Å²) in [4.78, 5) is 25.2. The Labute approximate surface area is 122 Å². The topological polar surface area (TPSA) is 61.4 Å². The Bertz CT molecular complexity index is 684. The van der Waals surface area contributed by atoms with Gasteiger partial charge < -0.3 is 10.6 Å². The highest BCUT2D eigenvalue weighted by Gasteiger charge is 2.18. The number of piperazine rings is 1. The SMILES string of the molecule is O=C1CN(CC(=O)Nc2ccc3ccccc3c2)CCN1.